The lowest BCUT2D eigenvalue weighted by Crippen LogP contribution is -2.38. The molecule has 0 saturated heterocycles. The first-order chi connectivity index (χ1) is 12.3. The van der Waals surface area contributed by atoms with Crippen LogP contribution in [0.4, 0.5) is 0 Å². The summed E-state index contributed by atoms with van der Waals surface area (Å²) in [6, 6.07) is 14.4. The largest absolute Gasteiger partial charge is 0.361 e. The summed E-state index contributed by atoms with van der Waals surface area (Å²) in [4.78, 5) is 12.4. The second-order valence-electron chi connectivity index (χ2n) is 6.00. The number of pyridine rings is 1. The highest BCUT2D eigenvalue weighted by atomic mass is 127. The molecule has 3 aromatic rings. The Kier molecular flexibility index (Phi) is 7.90. The van der Waals surface area contributed by atoms with E-state index < -0.39 is 0 Å². The van der Waals surface area contributed by atoms with Crippen LogP contribution in [0.2, 0.25) is 0 Å². The lowest BCUT2D eigenvalue weighted by Gasteiger charge is -2.11. The Balaban J connectivity index is 0.00000243. The smallest absolute Gasteiger partial charge is 0.191 e. The van der Waals surface area contributed by atoms with Crippen molar-refractivity contribution in [1.29, 1.82) is 0 Å². The van der Waals surface area contributed by atoms with Crippen LogP contribution in [0.15, 0.2) is 53.7 Å². The summed E-state index contributed by atoms with van der Waals surface area (Å²) in [5.74, 6) is 0.825. The van der Waals surface area contributed by atoms with Crippen molar-refractivity contribution in [2.75, 3.05) is 13.1 Å². The van der Waals surface area contributed by atoms with E-state index in [9.17, 15) is 0 Å². The number of guanidine groups is 1. The van der Waals surface area contributed by atoms with E-state index in [1.807, 2.05) is 25.1 Å². The first kappa shape index (κ1) is 20.2. The summed E-state index contributed by atoms with van der Waals surface area (Å²) in [7, 11) is 0. The van der Waals surface area contributed by atoms with Gasteiger partial charge in [0.1, 0.15) is 0 Å². The number of halogens is 1. The molecule has 0 spiro atoms. The van der Waals surface area contributed by atoms with Crippen molar-refractivity contribution < 1.29 is 0 Å². The van der Waals surface area contributed by atoms with Gasteiger partial charge in [0.25, 0.3) is 0 Å². The molecule has 0 bridgehead atoms. The van der Waals surface area contributed by atoms with Crippen molar-refractivity contribution in [3.8, 4) is 0 Å². The molecule has 0 aliphatic heterocycles. The number of aromatic amines is 1. The van der Waals surface area contributed by atoms with Gasteiger partial charge in [0.05, 0.1) is 12.2 Å². The fourth-order valence-corrected chi connectivity index (χ4v) is 2.84. The number of nitrogens with zero attached hydrogens (tertiary/aromatic N) is 2. The zero-order valence-electron chi connectivity index (χ0n) is 15.2. The van der Waals surface area contributed by atoms with Gasteiger partial charge in [0.2, 0.25) is 0 Å². The first-order valence-corrected chi connectivity index (χ1v) is 8.76. The summed E-state index contributed by atoms with van der Waals surface area (Å²) in [5, 5.41) is 7.98. The van der Waals surface area contributed by atoms with Crippen molar-refractivity contribution in [3.05, 3.63) is 65.6 Å². The molecule has 2 aromatic heterocycles. The molecule has 3 rings (SSSR count). The van der Waals surface area contributed by atoms with Crippen molar-refractivity contribution in [2.24, 2.45) is 4.99 Å². The standard InChI is InChI=1S/C20H25N5.HI/c1-3-21-20(24-14-17-8-6-7-15(2)25-17)22-12-11-16-13-23-19-10-5-4-9-18(16)19;/h4-10,13,23H,3,11-12,14H2,1-2H3,(H2,21,22,24);1H. The molecule has 0 aliphatic carbocycles. The van der Waals surface area contributed by atoms with E-state index in [0.717, 1.165) is 36.9 Å². The zero-order chi connectivity index (χ0) is 17.5. The van der Waals surface area contributed by atoms with Crippen molar-refractivity contribution in [3.63, 3.8) is 0 Å². The van der Waals surface area contributed by atoms with E-state index >= 15 is 0 Å². The molecule has 0 aliphatic rings. The number of rotatable bonds is 6. The SMILES string of the molecule is CCNC(=NCc1cccc(C)n1)NCCc1c[nH]c2ccccc12.I. The van der Waals surface area contributed by atoms with E-state index in [1.165, 1.54) is 16.5 Å². The number of para-hydroxylation sites is 1. The second-order valence-corrected chi connectivity index (χ2v) is 6.00. The van der Waals surface area contributed by atoms with Gasteiger partial charge in [-0.3, -0.25) is 4.98 Å². The number of aryl methyl sites for hydroxylation is 1. The summed E-state index contributed by atoms with van der Waals surface area (Å²) < 4.78 is 0. The maximum atomic E-state index is 4.63. The lowest BCUT2D eigenvalue weighted by atomic mass is 10.1. The Morgan fingerprint density at radius 2 is 1.96 bits per heavy atom. The molecule has 0 fully saturated rings. The van der Waals surface area contributed by atoms with Gasteiger partial charge in [0, 0.05) is 35.9 Å². The van der Waals surface area contributed by atoms with Gasteiger partial charge in [-0.25, -0.2) is 4.99 Å². The third-order valence-corrected chi connectivity index (χ3v) is 4.05. The highest BCUT2D eigenvalue weighted by molar-refractivity contribution is 14.0. The van der Waals surface area contributed by atoms with Crippen molar-refractivity contribution in [2.45, 2.75) is 26.8 Å². The van der Waals surface area contributed by atoms with Gasteiger partial charge in [0.15, 0.2) is 5.96 Å². The lowest BCUT2D eigenvalue weighted by molar-refractivity contribution is 0.798. The van der Waals surface area contributed by atoms with Crippen LogP contribution in [-0.4, -0.2) is 29.0 Å². The average Bonchev–Trinajstić information content (AvgIpc) is 3.03. The normalized spacial score (nSPS) is 11.2. The van der Waals surface area contributed by atoms with Gasteiger partial charge in [-0.05, 0) is 44.0 Å². The Bertz CT molecular complexity index is 856. The topological polar surface area (TPSA) is 65.1 Å². The maximum Gasteiger partial charge on any atom is 0.191 e. The van der Waals surface area contributed by atoms with Crippen LogP contribution in [0.25, 0.3) is 10.9 Å². The first-order valence-electron chi connectivity index (χ1n) is 8.76. The van der Waals surface area contributed by atoms with E-state index in [-0.39, 0.29) is 24.0 Å². The molecule has 26 heavy (non-hydrogen) atoms. The molecule has 0 amide bonds. The summed E-state index contributed by atoms with van der Waals surface area (Å²) in [6.45, 7) is 6.30. The molecule has 0 atom stereocenters. The Labute approximate surface area is 171 Å². The Hall–Kier alpha value is -2.09. The van der Waals surface area contributed by atoms with Crippen LogP contribution < -0.4 is 10.6 Å². The molecule has 1 aromatic carbocycles. The van der Waals surface area contributed by atoms with Gasteiger partial charge in [-0.1, -0.05) is 24.3 Å². The molecule has 0 saturated carbocycles. The van der Waals surface area contributed by atoms with E-state index in [0.29, 0.717) is 6.54 Å². The molecule has 0 unspecified atom stereocenters. The van der Waals surface area contributed by atoms with Crippen LogP contribution in [-0.2, 0) is 13.0 Å². The van der Waals surface area contributed by atoms with Crippen molar-refractivity contribution >= 4 is 40.8 Å². The number of nitrogens with one attached hydrogen (secondary N) is 3. The molecular formula is C20H26IN5. The van der Waals surface area contributed by atoms with Gasteiger partial charge in [-0.15, -0.1) is 24.0 Å². The van der Waals surface area contributed by atoms with Gasteiger partial charge >= 0.3 is 0 Å². The monoisotopic (exact) mass is 463 g/mol. The molecule has 138 valence electrons. The molecule has 3 N–H and O–H groups in total. The highest BCUT2D eigenvalue weighted by Crippen LogP contribution is 2.17. The number of aliphatic imine (C=N–C) groups is 1. The van der Waals surface area contributed by atoms with Crippen LogP contribution in [0.1, 0.15) is 23.9 Å². The maximum absolute atomic E-state index is 4.63. The third kappa shape index (κ3) is 5.45. The number of H-pyrrole nitrogens is 1. The number of aromatic nitrogens is 2. The highest BCUT2D eigenvalue weighted by Gasteiger charge is 2.03. The Morgan fingerprint density at radius 1 is 1.12 bits per heavy atom. The molecule has 6 heteroatoms. The van der Waals surface area contributed by atoms with Crippen LogP contribution in [0.3, 0.4) is 0 Å². The zero-order valence-corrected chi connectivity index (χ0v) is 17.6. The van der Waals surface area contributed by atoms with Crippen LogP contribution in [0.5, 0.6) is 0 Å². The van der Waals surface area contributed by atoms with Crippen LogP contribution in [0, 0.1) is 6.92 Å². The minimum Gasteiger partial charge on any atom is -0.361 e. The minimum absolute atomic E-state index is 0. The third-order valence-electron chi connectivity index (χ3n) is 4.05. The van der Waals surface area contributed by atoms with Crippen LogP contribution >= 0.6 is 24.0 Å². The number of fused-ring (bicyclic) bond motifs is 1. The molecule has 0 radical (unpaired) electrons. The fourth-order valence-electron chi connectivity index (χ4n) is 2.84. The number of benzene rings is 1. The summed E-state index contributed by atoms with van der Waals surface area (Å²) in [5.41, 5.74) is 4.50. The molecule has 5 nitrogen and oxygen atoms in total. The van der Waals surface area contributed by atoms with Gasteiger partial charge in [-0.2, -0.15) is 0 Å². The molecule has 2 heterocycles. The van der Waals surface area contributed by atoms with Gasteiger partial charge < -0.3 is 15.6 Å². The number of hydrogen-bond donors (Lipinski definition) is 3. The average molecular weight is 463 g/mol. The minimum atomic E-state index is 0. The summed E-state index contributed by atoms with van der Waals surface area (Å²) in [6.07, 6.45) is 3.03. The predicted octanol–water partition coefficient (Wildman–Crippen LogP) is 3.79. The predicted molar refractivity (Wildman–Crippen MR) is 119 cm³/mol. The summed E-state index contributed by atoms with van der Waals surface area (Å²) >= 11 is 0. The fraction of sp³-hybridized carbons (Fsp3) is 0.300. The second kappa shape index (κ2) is 10.2. The number of hydrogen-bond acceptors (Lipinski definition) is 2. The van der Waals surface area contributed by atoms with E-state index in [4.69, 9.17) is 0 Å². The van der Waals surface area contributed by atoms with E-state index in [1.54, 1.807) is 0 Å². The quantitative estimate of drug-likeness (QED) is 0.296. The van der Waals surface area contributed by atoms with Crippen molar-refractivity contribution in [1.82, 2.24) is 20.6 Å². The van der Waals surface area contributed by atoms with E-state index in [2.05, 4.69) is 63.0 Å². The molecular weight excluding hydrogens is 437 g/mol. The Morgan fingerprint density at radius 3 is 2.77 bits per heavy atom.